The SMILES string of the molecule is CCOCCCN(CC(=O)Nc1ccon1)C(=O)CSc1ccccc1. The lowest BCUT2D eigenvalue weighted by Crippen LogP contribution is -2.40. The molecule has 0 radical (unpaired) electrons. The van der Waals surface area contributed by atoms with Crippen LogP contribution in [0.15, 0.2) is 52.1 Å². The van der Waals surface area contributed by atoms with Gasteiger partial charge in [0.15, 0.2) is 5.82 Å². The van der Waals surface area contributed by atoms with Crippen LogP contribution in [0.4, 0.5) is 5.82 Å². The summed E-state index contributed by atoms with van der Waals surface area (Å²) < 4.78 is 10.00. The van der Waals surface area contributed by atoms with Gasteiger partial charge in [0.25, 0.3) is 0 Å². The lowest BCUT2D eigenvalue weighted by Gasteiger charge is -2.22. The minimum Gasteiger partial charge on any atom is -0.382 e. The molecule has 2 rings (SSSR count). The van der Waals surface area contributed by atoms with Crippen LogP contribution in [0, 0.1) is 0 Å². The molecule has 2 aromatic rings. The predicted molar refractivity (Wildman–Crippen MR) is 100.0 cm³/mol. The molecule has 1 heterocycles. The van der Waals surface area contributed by atoms with Crippen LogP contribution < -0.4 is 5.32 Å². The number of hydrogen-bond acceptors (Lipinski definition) is 6. The average Bonchev–Trinajstić information content (AvgIpc) is 3.16. The van der Waals surface area contributed by atoms with Gasteiger partial charge in [0, 0.05) is 30.7 Å². The van der Waals surface area contributed by atoms with E-state index in [0.717, 1.165) is 4.90 Å². The van der Waals surface area contributed by atoms with Gasteiger partial charge in [-0.05, 0) is 25.5 Å². The highest BCUT2D eigenvalue weighted by molar-refractivity contribution is 8.00. The summed E-state index contributed by atoms with van der Waals surface area (Å²) in [6.45, 7) is 3.53. The topological polar surface area (TPSA) is 84.7 Å². The van der Waals surface area contributed by atoms with Crippen molar-refractivity contribution in [3.8, 4) is 0 Å². The lowest BCUT2D eigenvalue weighted by atomic mass is 10.3. The van der Waals surface area contributed by atoms with E-state index in [1.54, 1.807) is 11.0 Å². The van der Waals surface area contributed by atoms with E-state index in [0.29, 0.717) is 32.0 Å². The monoisotopic (exact) mass is 377 g/mol. The molecule has 0 atom stereocenters. The number of carbonyl (C=O) groups excluding carboxylic acids is 2. The van der Waals surface area contributed by atoms with E-state index in [1.165, 1.54) is 18.0 Å². The number of rotatable bonds is 11. The molecule has 0 unspecified atom stereocenters. The fraction of sp³-hybridized carbons (Fsp3) is 0.389. The zero-order chi connectivity index (χ0) is 18.6. The molecular weight excluding hydrogens is 354 g/mol. The van der Waals surface area contributed by atoms with Gasteiger partial charge < -0.3 is 19.5 Å². The summed E-state index contributed by atoms with van der Waals surface area (Å²) in [5.74, 6) is 0.199. The molecule has 1 aromatic heterocycles. The summed E-state index contributed by atoms with van der Waals surface area (Å²) in [6, 6.07) is 11.2. The number of aromatic nitrogens is 1. The first-order chi connectivity index (χ1) is 12.7. The summed E-state index contributed by atoms with van der Waals surface area (Å²) in [6.07, 6.45) is 2.05. The number of nitrogens with one attached hydrogen (secondary N) is 1. The van der Waals surface area contributed by atoms with Crippen LogP contribution in [0.1, 0.15) is 13.3 Å². The molecule has 0 saturated carbocycles. The zero-order valence-corrected chi connectivity index (χ0v) is 15.5. The van der Waals surface area contributed by atoms with Crippen LogP contribution in [0.2, 0.25) is 0 Å². The van der Waals surface area contributed by atoms with E-state index in [1.807, 2.05) is 37.3 Å². The van der Waals surface area contributed by atoms with Crippen molar-refractivity contribution < 1.29 is 18.8 Å². The summed E-state index contributed by atoms with van der Waals surface area (Å²) in [7, 11) is 0. The van der Waals surface area contributed by atoms with Crippen LogP contribution in [-0.2, 0) is 14.3 Å². The highest BCUT2D eigenvalue weighted by Crippen LogP contribution is 2.17. The molecule has 2 amide bonds. The molecule has 7 nitrogen and oxygen atoms in total. The fourth-order valence-electron chi connectivity index (χ4n) is 2.18. The first-order valence-electron chi connectivity index (χ1n) is 8.42. The Labute approximate surface area is 157 Å². The first kappa shape index (κ1) is 20.0. The zero-order valence-electron chi connectivity index (χ0n) is 14.7. The molecule has 1 N–H and O–H groups in total. The molecule has 0 spiro atoms. The van der Waals surface area contributed by atoms with Gasteiger partial charge in [-0.1, -0.05) is 23.4 Å². The van der Waals surface area contributed by atoms with Gasteiger partial charge in [0.1, 0.15) is 6.26 Å². The van der Waals surface area contributed by atoms with Gasteiger partial charge in [-0.2, -0.15) is 0 Å². The van der Waals surface area contributed by atoms with Crippen molar-refractivity contribution in [2.24, 2.45) is 0 Å². The molecule has 140 valence electrons. The van der Waals surface area contributed by atoms with Crippen LogP contribution in [0.3, 0.4) is 0 Å². The number of amides is 2. The van der Waals surface area contributed by atoms with E-state index in [9.17, 15) is 9.59 Å². The number of thioether (sulfide) groups is 1. The molecule has 0 aliphatic rings. The third-order valence-corrected chi connectivity index (χ3v) is 4.42. The van der Waals surface area contributed by atoms with Gasteiger partial charge >= 0.3 is 0 Å². The Hall–Kier alpha value is -2.32. The highest BCUT2D eigenvalue weighted by Gasteiger charge is 2.18. The largest absolute Gasteiger partial charge is 0.382 e. The summed E-state index contributed by atoms with van der Waals surface area (Å²) in [5.41, 5.74) is 0. The molecule has 26 heavy (non-hydrogen) atoms. The van der Waals surface area contributed by atoms with Crippen molar-refractivity contribution in [3.05, 3.63) is 42.7 Å². The third kappa shape index (κ3) is 7.28. The van der Waals surface area contributed by atoms with E-state index in [4.69, 9.17) is 4.74 Å². The molecule has 0 aliphatic heterocycles. The smallest absolute Gasteiger partial charge is 0.245 e. The molecule has 0 bridgehead atoms. The Kier molecular flexibility index (Phi) is 8.71. The van der Waals surface area contributed by atoms with E-state index in [2.05, 4.69) is 15.0 Å². The second-order valence-corrected chi connectivity index (χ2v) is 6.45. The van der Waals surface area contributed by atoms with Crippen molar-refractivity contribution in [2.45, 2.75) is 18.2 Å². The second-order valence-electron chi connectivity index (χ2n) is 5.40. The molecule has 0 fully saturated rings. The standard InChI is InChI=1S/C18H23N3O4S/c1-2-24-11-6-10-21(13-17(22)19-16-9-12-25-20-16)18(23)14-26-15-7-4-3-5-8-15/h3-5,7-9,12H,2,6,10-11,13-14H2,1H3,(H,19,20,22). The van der Waals surface area contributed by atoms with Crippen molar-refractivity contribution >= 4 is 29.4 Å². The van der Waals surface area contributed by atoms with Crippen LogP contribution in [0.5, 0.6) is 0 Å². The highest BCUT2D eigenvalue weighted by atomic mass is 32.2. The quantitative estimate of drug-likeness (QED) is 0.479. The van der Waals surface area contributed by atoms with Crippen molar-refractivity contribution in [2.75, 3.05) is 37.4 Å². The predicted octanol–water partition coefficient (Wildman–Crippen LogP) is 2.66. The Morgan fingerprint density at radius 2 is 2.08 bits per heavy atom. The number of ether oxygens (including phenoxy) is 1. The van der Waals surface area contributed by atoms with Gasteiger partial charge in [-0.3, -0.25) is 9.59 Å². The fourth-order valence-corrected chi connectivity index (χ4v) is 3.00. The Balaban J connectivity index is 1.88. The number of anilines is 1. The van der Waals surface area contributed by atoms with Gasteiger partial charge in [-0.15, -0.1) is 11.8 Å². The minimum absolute atomic E-state index is 0.0346. The van der Waals surface area contributed by atoms with Gasteiger partial charge in [0.05, 0.1) is 12.3 Å². The summed E-state index contributed by atoms with van der Waals surface area (Å²) in [4.78, 5) is 27.3. The van der Waals surface area contributed by atoms with Crippen molar-refractivity contribution in [1.82, 2.24) is 10.1 Å². The van der Waals surface area contributed by atoms with E-state index >= 15 is 0 Å². The Bertz CT molecular complexity index is 664. The van der Waals surface area contributed by atoms with Gasteiger partial charge in [0.2, 0.25) is 11.8 Å². The van der Waals surface area contributed by atoms with Crippen LogP contribution in [-0.4, -0.2) is 53.9 Å². The number of benzene rings is 1. The third-order valence-electron chi connectivity index (χ3n) is 3.42. The molecule has 0 saturated heterocycles. The van der Waals surface area contributed by atoms with Crippen LogP contribution >= 0.6 is 11.8 Å². The maximum absolute atomic E-state index is 12.6. The van der Waals surface area contributed by atoms with Crippen molar-refractivity contribution in [3.63, 3.8) is 0 Å². The Morgan fingerprint density at radius 1 is 1.27 bits per heavy atom. The molecule has 0 aliphatic carbocycles. The normalized spacial score (nSPS) is 10.5. The minimum atomic E-state index is -0.312. The van der Waals surface area contributed by atoms with Gasteiger partial charge in [-0.25, -0.2) is 0 Å². The average molecular weight is 377 g/mol. The molecule has 8 heteroatoms. The summed E-state index contributed by atoms with van der Waals surface area (Å²) >= 11 is 1.45. The molecular formula is C18H23N3O4S. The maximum atomic E-state index is 12.6. The van der Waals surface area contributed by atoms with E-state index in [-0.39, 0.29) is 24.1 Å². The number of carbonyl (C=O) groups is 2. The lowest BCUT2D eigenvalue weighted by molar-refractivity contribution is -0.132. The Morgan fingerprint density at radius 3 is 2.77 bits per heavy atom. The maximum Gasteiger partial charge on any atom is 0.245 e. The van der Waals surface area contributed by atoms with E-state index < -0.39 is 0 Å². The van der Waals surface area contributed by atoms with Crippen molar-refractivity contribution in [1.29, 1.82) is 0 Å². The molecule has 1 aromatic carbocycles. The summed E-state index contributed by atoms with van der Waals surface area (Å²) in [5, 5.41) is 6.24. The first-order valence-corrected chi connectivity index (χ1v) is 9.41. The second kappa shape index (κ2) is 11.3. The number of nitrogens with zero attached hydrogens (tertiary/aromatic N) is 2. The van der Waals surface area contributed by atoms with Crippen LogP contribution in [0.25, 0.3) is 0 Å². The number of hydrogen-bond donors (Lipinski definition) is 1.